The van der Waals surface area contributed by atoms with Gasteiger partial charge in [-0.3, -0.25) is 19.6 Å². The van der Waals surface area contributed by atoms with E-state index < -0.39 is 5.54 Å². The highest BCUT2D eigenvalue weighted by Crippen LogP contribution is 2.38. The lowest BCUT2D eigenvalue weighted by molar-refractivity contribution is -0.136. The van der Waals surface area contributed by atoms with Crippen LogP contribution in [0.25, 0.3) is 0 Å². The van der Waals surface area contributed by atoms with Gasteiger partial charge in [0.25, 0.3) is 5.91 Å². The Morgan fingerprint density at radius 3 is 2.52 bits per heavy atom. The van der Waals surface area contributed by atoms with Crippen LogP contribution >= 0.6 is 0 Å². The third-order valence-corrected chi connectivity index (χ3v) is 6.54. The molecule has 176 valence electrons. The van der Waals surface area contributed by atoms with Crippen LogP contribution in [0, 0.1) is 0 Å². The highest BCUT2D eigenvalue weighted by atomic mass is 16.5. The maximum atomic E-state index is 13.6. The highest BCUT2D eigenvalue weighted by molar-refractivity contribution is 6.07. The molecule has 3 heterocycles. The number of hydrogen-bond donors (Lipinski definition) is 1. The molecule has 2 aromatic rings. The summed E-state index contributed by atoms with van der Waals surface area (Å²) < 4.78 is 10.3. The lowest BCUT2D eigenvalue weighted by atomic mass is 9.85. The first-order chi connectivity index (χ1) is 16.0. The molecule has 0 radical (unpaired) electrons. The number of amides is 3. The Labute approximate surface area is 193 Å². The molecule has 0 unspecified atom stereocenters. The fourth-order valence-corrected chi connectivity index (χ4v) is 4.75. The van der Waals surface area contributed by atoms with Gasteiger partial charge in [0.1, 0.15) is 5.54 Å². The van der Waals surface area contributed by atoms with Gasteiger partial charge in [0.15, 0.2) is 11.5 Å². The van der Waals surface area contributed by atoms with Crippen LogP contribution in [-0.4, -0.2) is 82.7 Å². The third kappa shape index (κ3) is 4.51. The maximum Gasteiger partial charge on any atom is 0.328 e. The molecule has 9 heteroatoms. The predicted molar refractivity (Wildman–Crippen MR) is 121 cm³/mol. The highest BCUT2D eigenvalue weighted by Gasteiger charge is 2.57. The first-order valence-electron chi connectivity index (χ1n) is 11.1. The Hall–Kier alpha value is -3.17. The van der Waals surface area contributed by atoms with Crippen LogP contribution in [0.1, 0.15) is 24.0 Å². The van der Waals surface area contributed by atoms with Crippen LogP contribution in [0.3, 0.4) is 0 Å². The van der Waals surface area contributed by atoms with Crippen molar-refractivity contribution in [3.8, 4) is 11.5 Å². The maximum absolute atomic E-state index is 13.6. The molecule has 2 aliphatic rings. The third-order valence-electron chi connectivity index (χ3n) is 6.54. The Balaban J connectivity index is 1.49. The quantitative estimate of drug-likeness (QED) is 0.611. The van der Waals surface area contributed by atoms with Gasteiger partial charge in [0, 0.05) is 45.7 Å². The Bertz CT molecular complexity index is 992. The second-order valence-corrected chi connectivity index (χ2v) is 8.49. The van der Waals surface area contributed by atoms with Crippen LogP contribution in [0.2, 0.25) is 0 Å². The van der Waals surface area contributed by atoms with Gasteiger partial charge in [-0.1, -0.05) is 12.1 Å². The number of likely N-dealkylation sites (tertiary alicyclic amines) is 1. The molecular weight excluding hydrogens is 424 g/mol. The summed E-state index contributed by atoms with van der Waals surface area (Å²) in [5.41, 5.74) is 0.934. The van der Waals surface area contributed by atoms with E-state index in [1.165, 1.54) is 12.0 Å². The number of hydrogen-bond acceptors (Lipinski definition) is 7. The standard InChI is InChI=1S/C24H30N4O5/c1-32-13-12-28-23(31)27(17-19-4-3-9-25-15-19)22(30)24(28)7-10-26(11-8-24)16-18-5-6-21(33-2)20(29)14-18/h3-6,9,14-15,29H,7-8,10-13,16-17H2,1-2H3. The molecule has 2 saturated heterocycles. The van der Waals surface area contributed by atoms with Crippen molar-refractivity contribution in [2.45, 2.75) is 31.5 Å². The van der Waals surface area contributed by atoms with Gasteiger partial charge in [-0.2, -0.15) is 0 Å². The van der Waals surface area contributed by atoms with E-state index in [9.17, 15) is 14.7 Å². The fraction of sp³-hybridized carbons (Fsp3) is 0.458. The molecule has 1 spiro atoms. The molecule has 33 heavy (non-hydrogen) atoms. The fourth-order valence-electron chi connectivity index (χ4n) is 4.75. The number of pyridine rings is 1. The van der Waals surface area contributed by atoms with E-state index >= 15 is 0 Å². The number of methoxy groups -OCH3 is 2. The molecule has 4 rings (SSSR count). The van der Waals surface area contributed by atoms with E-state index in [0.717, 1.165) is 11.1 Å². The van der Waals surface area contributed by atoms with Crippen molar-refractivity contribution in [1.29, 1.82) is 0 Å². The number of phenols is 1. The number of ether oxygens (including phenoxy) is 2. The molecule has 1 N–H and O–H groups in total. The smallest absolute Gasteiger partial charge is 0.328 e. The van der Waals surface area contributed by atoms with E-state index in [2.05, 4.69) is 9.88 Å². The number of aromatic nitrogens is 1. The Morgan fingerprint density at radius 1 is 1.09 bits per heavy atom. The van der Waals surface area contributed by atoms with E-state index in [1.54, 1.807) is 42.6 Å². The average Bonchev–Trinajstić information content (AvgIpc) is 3.01. The SMILES string of the molecule is COCCN1C(=O)N(Cc2cccnc2)C(=O)C12CCN(Cc1ccc(OC)c(O)c1)CC2. The number of urea groups is 1. The second kappa shape index (κ2) is 9.76. The number of nitrogens with zero attached hydrogens (tertiary/aromatic N) is 4. The number of aromatic hydroxyl groups is 1. The van der Waals surface area contributed by atoms with Gasteiger partial charge >= 0.3 is 6.03 Å². The molecule has 2 aliphatic heterocycles. The number of imide groups is 1. The van der Waals surface area contributed by atoms with Crippen molar-refractivity contribution >= 4 is 11.9 Å². The first-order valence-corrected chi connectivity index (χ1v) is 11.1. The van der Waals surface area contributed by atoms with Crippen LogP contribution < -0.4 is 4.74 Å². The number of rotatable bonds is 8. The number of piperidine rings is 1. The molecular formula is C24H30N4O5. The van der Waals surface area contributed by atoms with Crippen molar-refractivity contribution in [2.75, 3.05) is 40.5 Å². The minimum atomic E-state index is -0.851. The zero-order valence-electron chi connectivity index (χ0n) is 19.1. The van der Waals surface area contributed by atoms with Gasteiger partial charge in [-0.25, -0.2) is 4.79 Å². The Kier molecular flexibility index (Phi) is 6.80. The number of phenolic OH excluding ortho intramolecular Hbond substituents is 1. The second-order valence-electron chi connectivity index (χ2n) is 8.49. The molecule has 1 aromatic carbocycles. The number of benzene rings is 1. The monoisotopic (exact) mass is 454 g/mol. The molecule has 0 bridgehead atoms. The van der Waals surface area contributed by atoms with E-state index in [1.807, 2.05) is 12.1 Å². The summed E-state index contributed by atoms with van der Waals surface area (Å²) >= 11 is 0. The zero-order chi connectivity index (χ0) is 23.4. The van der Waals surface area contributed by atoms with E-state index in [4.69, 9.17) is 9.47 Å². The van der Waals surface area contributed by atoms with E-state index in [0.29, 0.717) is 51.4 Å². The largest absolute Gasteiger partial charge is 0.504 e. The number of carbonyl (C=O) groups excluding carboxylic acids is 2. The summed E-state index contributed by atoms with van der Waals surface area (Å²) in [6.45, 7) is 2.93. The van der Waals surface area contributed by atoms with Crippen molar-refractivity contribution in [2.24, 2.45) is 0 Å². The summed E-state index contributed by atoms with van der Waals surface area (Å²) in [6, 6.07) is 8.77. The van der Waals surface area contributed by atoms with Crippen molar-refractivity contribution in [3.63, 3.8) is 0 Å². The lowest BCUT2D eigenvalue weighted by Gasteiger charge is -2.42. The van der Waals surface area contributed by atoms with E-state index in [-0.39, 0.29) is 24.2 Å². The van der Waals surface area contributed by atoms with Gasteiger partial charge in [-0.15, -0.1) is 0 Å². The molecule has 3 amide bonds. The van der Waals surface area contributed by atoms with Crippen LogP contribution in [0.15, 0.2) is 42.7 Å². The first kappa shape index (κ1) is 23.0. The van der Waals surface area contributed by atoms with Crippen molar-refractivity contribution < 1.29 is 24.2 Å². The molecule has 0 saturated carbocycles. The predicted octanol–water partition coefficient (Wildman–Crippen LogP) is 2.24. The summed E-state index contributed by atoms with van der Waals surface area (Å²) in [5, 5.41) is 10.1. The Morgan fingerprint density at radius 2 is 1.88 bits per heavy atom. The van der Waals surface area contributed by atoms with Crippen molar-refractivity contribution in [1.82, 2.24) is 19.7 Å². The van der Waals surface area contributed by atoms with Crippen molar-refractivity contribution in [3.05, 3.63) is 53.9 Å². The minimum absolute atomic E-state index is 0.108. The summed E-state index contributed by atoms with van der Waals surface area (Å²) in [4.78, 5) is 36.3. The van der Waals surface area contributed by atoms with Crippen LogP contribution in [0.4, 0.5) is 4.79 Å². The van der Waals surface area contributed by atoms with Gasteiger partial charge in [0.2, 0.25) is 0 Å². The average molecular weight is 455 g/mol. The molecule has 0 atom stereocenters. The lowest BCUT2D eigenvalue weighted by Crippen LogP contribution is -2.57. The zero-order valence-corrected chi connectivity index (χ0v) is 19.1. The summed E-state index contributed by atoms with van der Waals surface area (Å²) in [5.74, 6) is 0.403. The summed E-state index contributed by atoms with van der Waals surface area (Å²) in [7, 11) is 3.11. The van der Waals surface area contributed by atoms with Gasteiger partial charge in [0.05, 0.1) is 20.3 Å². The molecule has 9 nitrogen and oxygen atoms in total. The normalized spacial score (nSPS) is 18.4. The van der Waals surface area contributed by atoms with Gasteiger partial charge in [-0.05, 0) is 42.2 Å². The topological polar surface area (TPSA) is 95.4 Å². The van der Waals surface area contributed by atoms with Crippen LogP contribution in [-0.2, 0) is 22.6 Å². The molecule has 1 aromatic heterocycles. The minimum Gasteiger partial charge on any atom is -0.504 e. The summed E-state index contributed by atoms with van der Waals surface area (Å²) in [6.07, 6.45) is 4.44. The molecule has 0 aliphatic carbocycles. The number of carbonyl (C=O) groups is 2. The van der Waals surface area contributed by atoms with Crippen LogP contribution in [0.5, 0.6) is 11.5 Å². The van der Waals surface area contributed by atoms with Gasteiger partial charge < -0.3 is 19.5 Å². The molecule has 2 fully saturated rings.